The highest BCUT2D eigenvalue weighted by Gasteiger charge is 2.37. The van der Waals surface area contributed by atoms with Crippen LogP contribution in [0.4, 0.5) is 33.6 Å². The van der Waals surface area contributed by atoms with Crippen LogP contribution in [0, 0.1) is 11.3 Å². The number of aromatic nitrogens is 3. The van der Waals surface area contributed by atoms with Crippen LogP contribution in [0.1, 0.15) is 29.5 Å². The third kappa shape index (κ3) is 5.26. The Morgan fingerprint density at radius 2 is 1.82 bits per heavy atom. The van der Waals surface area contributed by atoms with Crippen LogP contribution in [-0.4, -0.2) is 39.0 Å². The largest absolute Gasteiger partial charge is 0.339 e. The number of halogens is 1. The molecule has 3 N–H and O–H groups in total. The summed E-state index contributed by atoms with van der Waals surface area (Å²) in [4.78, 5) is 28.3. The Labute approximate surface area is 237 Å². The molecule has 1 saturated heterocycles. The van der Waals surface area contributed by atoms with Crippen LogP contribution in [0.5, 0.6) is 0 Å². The van der Waals surface area contributed by atoms with E-state index in [-0.39, 0.29) is 6.03 Å². The topological polar surface area (TPSA) is 119 Å². The summed E-state index contributed by atoms with van der Waals surface area (Å²) in [5.74, 6) is 0.876. The molecule has 2 aromatic carbocycles. The normalized spacial score (nSPS) is 15.7. The summed E-state index contributed by atoms with van der Waals surface area (Å²) in [7, 11) is 0. The number of aryl methyl sites for hydroxylation is 2. The number of pyridine rings is 1. The maximum absolute atomic E-state index is 13.4. The summed E-state index contributed by atoms with van der Waals surface area (Å²) in [5, 5.41) is 20.0. The van der Waals surface area contributed by atoms with Crippen molar-refractivity contribution in [3.63, 3.8) is 0 Å². The second kappa shape index (κ2) is 10.8. The van der Waals surface area contributed by atoms with E-state index in [1.807, 2.05) is 60.8 Å². The summed E-state index contributed by atoms with van der Waals surface area (Å²) in [6, 6.07) is 20.0. The van der Waals surface area contributed by atoms with E-state index in [0.29, 0.717) is 49.1 Å². The van der Waals surface area contributed by atoms with Gasteiger partial charge in [0.2, 0.25) is 5.95 Å². The van der Waals surface area contributed by atoms with Crippen molar-refractivity contribution in [2.45, 2.75) is 31.1 Å². The summed E-state index contributed by atoms with van der Waals surface area (Å²) < 4.78 is 0. The Balaban J connectivity index is 1.23. The molecule has 10 heteroatoms. The summed E-state index contributed by atoms with van der Waals surface area (Å²) in [5.41, 5.74) is 4.76. The van der Waals surface area contributed by atoms with E-state index in [4.69, 9.17) is 11.6 Å². The second-order valence-electron chi connectivity index (χ2n) is 10.1. The number of nitrogens with one attached hydrogen (secondary N) is 3. The Kier molecular flexibility index (Phi) is 6.93. The summed E-state index contributed by atoms with van der Waals surface area (Å²) >= 11 is 6.38. The van der Waals surface area contributed by atoms with Crippen molar-refractivity contribution < 1.29 is 4.79 Å². The minimum atomic E-state index is -0.570. The predicted octanol–water partition coefficient (Wildman–Crippen LogP) is 6.20. The number of likely N-dealkylation sites (tertiary alicyclic amines) is 1. The van der Waals surface area contributed by atoms with Crippen LogP contribution in [0.2, 0.25) is 5.02 Å². The van der Waals surface area contributed by atoms with Crippen molar-refractivity contribution in [3.8, 4) is 6.07 Å². The molecule has 4 heterocycles. The first-order valence-corrected chi connectivity index (χ1v) is 13.6. The number of urea groups is 1. The van der Waals surface area contributed by atoms with Gasteiger partial charge in [0.1, 0.15) is 5.02 Å². The molecule has 1 fully saturated rings. The van der Waals surface area contributed by atoms with E-state index in [1.165, 1.54) is 0 Å². The average molecular weight is 551 g/mol. The number of fused-ring (bicyclic) bond motifs is 6. The molecule has 0 atom stereocenters. The SMILES string of the molecule is N#CC1(c2ccccc2)CCN(C(=O)Nc2ccc3cc2CCc2cncc(c2)Nc2ncc(Cl)c(n2)N3)CC1. The number of piperidine rings is 1. The van der Waals surface area contributed by atoms with E-state index in [1.54, 1.807) is 17.3 Å². The van der Waals surface area contributed by atoms with Crippen LogP contribution in [0.3, 0.4) is 0 Å². The first kappa shape index (κ1) is 25.6. The molecule has 6 bridgehead atoms. The third-order valence-electron chi connectivity index (χ3n) is 7.53. The minimum Gasteiger partial charge on any atom is -0.339 e. The number of anilines is 5. The van der Waals surface area contributed by atoms with Gasteiger partial charge in [-0.2, -0.15) is 10.2 Å². The van der Waals surface area contributed by atoms with Gasteiger partial charge in [-0.25, -0.2) is 9.78 Å². The van der Waals surface area contributed by atoms with Crippen LogP contribution < -0.4 is 16.0 Å². The molecular weight excluding hydrogens is 524 g/mol. The van der Waals surface area contributed by atoms with Gasteiger partial charge in [-0.05, 0) is 66.6 Å². The highest BCUT2D eigenvalue weighted by Crippen LogP contribution is 2.35. The zero-order chi connectivity index (χ0) is 27.5. The van der Waals surface area contributed by atoms with Crippen LogP contribution >= 0.6 is 11.6 Å². The maximum Gasteiger partial charge on any atom is 0.321 e. The Bertz CT molecular complexity index is 1600. The van der Waals surface area contributed by atoms with Crippen LogP contribution in [0.15, 0.2) is 73.2 Å². The van der Waals surface area contributed by atoms with Gasteiger partial charge in [-0.1, -0.05) is 41.9 Å². The fourth-order valence-corrected chi connectivity index (χ4v) is 5.40. The highest BCUT2D eigenvalue weighted by atomic mass is 35.5. The van der Waals surface area contributed by atoms with Gasteiger partial charge in [0, 0.05) is 30.7 Å². The van der Waals surface area contributed by atoms with Crippen molar-refractivity contribution >= 4 is 46.5 Å². The molecule has 2 aromatic heterocycles. The highest BCUT2D eigenvalue weighted by molar-refractivity contribution is 6.32. The molecule has 0 radical (unpaired) electrons. The van der Waals surface area contributed by atoms with Crippen molar-refractivity contribution in [1.29, 1.82) is 5.26 Å². The maximum atomic E-state index is 13.4. The molecule has 0 spiro atoms. The number of carbonyl (C=O) groups is 1. The lowest BCUT2D eigenvalue weighted by Gasteiger charge is -2.37. The minimum absolute atomic E-state index is 0.171. The monoisotopic (exact) mass is 550 g/mol. The number of hydrogen-bond donors (Lipinski definition) is 3. The molecule has 40 heavy (non-hydrogen) atoms. The molecule has 200 valence electrons. The fraction of sp³-hybridized carbons (Fsp3) is 0.233. The second-order valence-corrected chi connectivity index (χ2v) is 10.5. The molecule has 0 unspecified atom stereocenters. The lowest BCUT2D eigenvalue weighted by Crippen LogP contribution is -2.46. The lowest BCUT2D eigenvalue weighted by molar-refractivity contribution is 0.183. The molecule has 2 aliphatic rings. The van der Waals surface area contributed by atoms with E-state index in [2.05, 4.69) is 37.0 Å². The van der Waals surface area contributed by atoms with E-state index in [9.17, 15) is 10.1 Å². The zero-order valence-electron chi connectivity index (χ0n) is 21.7. The van der Waals surface area contributed by atoms with E-state index >= 15 is 0 Å². The van der Waals surface area contributed by atoms with Gasteiger partial charge < -0.3 is 20.9 Å². The van der Waals surface area contributed by atoms with Crippen molar-refractivity contribution in [2.24, 2.45) is 0 Å². The molecule has 0 saturated carbocycles. The van der Waals surface area contributed by atoms with Gasteiger partial charge in [0.15, 0.2) is 5.82 Å². The molecule has 2 aliphatic heterocycles. The first-order chi connectivity index (χ1) is 19.5. The first-order valence-electron chi connectivity index (χ1n) is 13.2. The molecule has 9 nitrogen and oxygen atoms in total. The number of benzene rings is 2. The molecule has 6 rings (SSSR count). The Morgan fingerprint density at radius 3 is 2.62 bits per heavy atom. The number of nitrogens with zero attached hydrogens (tertiary/aromatic N) is 5. The van der Waals surface area contributed by atoms with Gasteiger partial charge in [-0.3, -0.25) is 4.98 Å². The van der Waals surface area contributed by atoms with Gasteiger partial charge in [0.25, 0.3) is 0 Å². The summed E-state index contributed by atoms with van der Waals surface area (Å²) in [6.45, 7) is 1.01. The Hall–Kier alpha value is -4.68. The third-order valence-corrected chi connectivity index (χ3v) is 7.81. The van der Waals surface area contributed by atoms with Gasteiger partial charge >= 0.3 is 6.03 Å². The van der Waals surface area contributed by atoms with Gasteiger partial charge in [0.05, 0.1) is 29.6 Å². The van der Waals surface area contributed by atoms with Gasteiger partial charge in [-0.15, -0.1) is 0 Å². The average Bonchev–Trinajstić information content (AvgIpc) is 2.99. The number of rotatable bonds is 2. The van der Waals surface area contributed by atoms with E-state index < -0.39 is 5.41 Å². The van der Waals surface area contributed by atoms with Crippen molar-refractivity contribution in [1.82, 2.24) is 19.9 Å². The number of hydrogen-bond acceptors (Lipinski definition) is 7. The number of carbonyl (C=O) groups excluding carboxylic acids is 1. The molecule has 0 aliphatic carbocycles. The predicted molar refractivity (Wildman–Crippen MR) is 155 cm³/mol. The smallest absolute Gasteiger partial charge is 0.321 e. The van der Waals surface area contributed by atoms with Crippen molar-refractivity contribution in [2.75, 3.05) is 29.0 Å². The van der Waals surface area contributed by atoms with Crippen LogP contribution in [0.25, 0.3) is 0 Å². The molecule has 2 amide bonds. The lowest BCUT2D eigenvalue weighted by atomic mass is 9.74. The fourth-order valence-electron chi connectivity index (χ4n) is 5.26. The standard InChI is InChI=1S/C30H27ClN8O/c31-25-18-34-28-36-24-14-20(16-33-17-24)6-7-21-15-23(35-27(25)38-28)8-9-26(21)37-29(40)39-12-10-30(19-32,11-13-39)22-4-2-1-3-5-22/h1-5,8-9,14-18H,6-7,10-13H2,(H,37,40)(H2,34,35,36,38). The number of nitriles is 1. The summed E-state index contributed by atoms with van der Waals surface area (Å²) in [6.07, 6.45) is 7.69. The zero-order valence-corrected chi connectivity index (χ0v) is 22.4. The van der Waals surface area contributed by atoms with E-state index in [0.717, 1.165) is 40.2 Å². The molecular formula is C30H27ClN8O. The number of amides is 2. The quantitative estimate of drug-likeness (QED) is 0.272. The Morgan fingerprint density at radius 1 is 1.00 bits per heavy atom. The van der Waals surface area contributed by atoms with Crippen molar-refractivity contribution in [3.05, 3.63) is 94.9 Å². The van der Waals surface area contributed by atoms with Crippen LogP contribution in [-0.2, 0) is 18.3 Å². The molecule has 4 aromatic rings.